The van der Waals surface area contributed by atoms with Gasteiger partial charge in [-0.1, -0.05) is 86.1 Å². The predicted octanol–water partition coefficient (Wildman–Crippen LogP) is 3.72. The highest BCUT2D eigenvalue weighted by Gasteiger charge is 2.73. The lowest BCUT2D eigenvalue weighted by Gasteiger charge is -2.26. The Labute approximate surface area is 748 Å². The topological polar surface area (TPSA) is 549 Å². The maximum Gasteiger partial charge on any atom is 0.347 e. The zero-order valence-electron chi connectivity index (χ0n) is 73.4. The molecular formula is C90H110N2O38. The average molecular weight is 1830 g/mol. The quantitative estimate of drug-likeness (QED) is 0.0309. The van der Waals surface area contributed by atoms with E-state index < -0.39 is 134 Å². The zero-order chi connectivity index (χ0) is 96.4. The molecule has 15 saturated heterocycles. The second-order valence-electron chi connectivity index (χ2n) is 33.3. The highest BCUT2D eigenvalue weighted by molar-refractivity contribution is 5.92. The smallest absolute Gasteiger partial charge is 0.347 e. The third-order valence-electron chi connectivity index (χ3n) is 23.5. The van der Waals surface area contributed by atoms with Gasteiger partial charge < -0.3 is 110 Å². The Morgan fingerprint density at radius 1 is 0.523 bits per heavy atom. The first-order chi connectivity index (χ1) is 61.5. The minimum atomic E-state index is -0.837. The lowest BCUT2D eigenvalue weighted by atomic mass is 9.76. The number of fused-ring (bicyclic) bond motifs is 5. The molecule has 40 nitrogen and oxygen atoms in total. The van der Waals surface area contributed by atoms with Crippen molar-refractivity contribution < 1.29 is 182 Å². The molecule has 3 N–H and O–H groups in total. The number of unbranched alkanes of at least 4 members (excludes halogenated alkanes) is 1. The van der Waals surface area contributed by atoms with E-state index in [1.54, 1.807) is 33.8 Å². The van der Waals surface area contributed by atoms with E-state index in [-0.39, 0.29) is 199 Å². The van der Waals surface area contributed by atoms with Crippen LogP contribution in [0.1, 0.15) is 113 Å². The highest BCUT2D eigenvalue weighted by Crippen LogP contribution is 2.58. The molecule has 28 atom stereocenters. The number of ether oxygens (including phenoxy) is 20. The number of allylic oxidation sites excluding steroid dienone is 2. The van der Waals surface area contributed by atoms with Crippen molar-refractivity contribution in [3.8, 4) is 12.1 Å². The first kappa shape index (κ1) is 103. The number of nitriles is 2. The minimum absolute atomic E-state index is 0.0145. The summed E-state index contributed by atoms with van der Waals surface area (Å²) in [5, 5.41) is 41.2. The molecule has 708 valence electrons. The summed E-state index contributed by atoms with van der Waals surface area (Å²) >= 11 is 0. The van der Waals surface area contributed by atoms with Crippen LogP contribution in [0, 0.1) is 75.4 Å². The minimum Gasteiger partial charge on any atom is -0.502 e. The summed E-state index contributed by atoms with van der Waals surface area (Å²) in [5.74, 6) is -6.80. The van der Waals surface area contributed by atoms with Gasteiger partial charge in [-0.25, -0.2) is 43.2 Å². The molecule has 0 radical (unpaired) electrons. The lowest BCUT2D eigenvalue weighted by molar-refractivity contribution is -0.167. The van der Waals surface area contributed by atoms with Crippen molar-refractivity contribution in [2.24, 2.45) is 52.8 Å². The summed E-state index contributed by atoms with van der Waals surface area (Å²) in [6.07, 6.45) is 1.83. The Morgan fingerprint density at radius 2 is 1.03 bits per heavy atom. The molecule has 40 heteroatoms. The van der Waals surface area contributed by atoms with Gasteiger partial charge in [0.15, 0.2) is 43.2 Å². The van der Waals surface area contributed by atoms with E-state index in [9.17, 15) is 71.9 Å². The van der Waals surface area contributed by atoms with Gasteiger partial charge in [0.2, 0.25) is 6.10 Å². The molecule has 0 aromatic rings. The van der Waals surface area contributed by atoms with Crippen molar-refractivity contribution in [2.75, 3.05) is 52.9 Å². The molecule has 2 aliphatic carbocycles. The SMILES string of the molecule is C=C(C)C#N.C=C(C)C(=O)OC1C2CC3(C)C(=O)OC1C3O2.C=C(C)C(=O)OC1C2OC3C1OC(=O)C3C2C.C=C(C)C(=O)OCC(=O)OC1C2CC3C(=O)OC1C3O2.C=C(C)C(=O)OCC1C2CC3C(=O)OC1C3O2.C=C(CO)C(=O)OC1C2CC3C(=O)OC1C3C2.C=C(CO)C(=O)OC1CCOC1=O.C=C(CO)C(=O)OC1COC(=O)C1.C=CC#N.C=COCCCC. The van der Waals surface area contributed by atoms with Gasteiger partial charge in [-0.3, -0.25) is 28.8 Å². The molecule has 17 rings (SSSR count). The normalized spacial score (nSPS) is 33.5. The van der Waals surface area contributed by atoms with Crippen molar-refractivity contribution in [2.45, 2.75) is 229 Å². The second kappa shape index (κ2) is 46.0. The van der Waals surface area contributed by atoms with Gasteiger partial charge in [0.05, 0.1) is 122 Å². The van der Waals surface area contributed by atoms with Crippen LogP contribution in [-0.4, -0.2) is 274 Å². The zero-order valence-corrected chi connectivity index (χ0v) is 73.4. The van der Waals surface area contributed by atoms with Gasteiger partial charge >= 0.3 is 89.5 Å². The molecule has 10 bridgehead atoms. The number of carbonyl (C=O) groups excluding carboxylic acids is 15. The average Bonchev–Trinajstić information content (AvgIpc) is 1.52. The number of nitrogens with zero attached hydrogens (tertiary/aromatic N) is 2. The molecule has 0 spiro atoms. The van der Waals surface area contributed by atoms with Crippen LogP contribution in [0.5, 0.6) is 0 Å². The number of rotatable bonds is 24. The summed E-state index contributed by atoms with van der Waals surface area (Å²) in [6.45, 7) is 47.2. The summed E-state index contributed by atoms with van der Waals surface area (Å²) in [5.41, 5.74) is 1.18. The van der Waals surface area contributed by atoms with Crippen molar-refractivity contribution in [3.05, 3.63) is 123 Å². The van der Waals surface area contributed by atoms with Crippen LogP contribution in [0.15, 0.2) is 123 Å². The van der Waals surface area contributed by atoms with Gasteiger partial charge in [-0.15, -0.1) is 0 Å². The van der Waals surface area contributed by atoms with E-state index in [0.717, 1.165) is 25.9 Å². The molecular weight excluding hydrogens is 1720 g/mol. The van der Waals surface area contributed by atoms with E-state index >= 15 is 0 Å². The van der Waals surface area contributed by atoms with Crippen molar-refractivity contribution in [1.82, 2.24) is 0 Å². The third kappa shape index (κ3) is 24.3. The molecule has 2 saturated carbocycles. The van der Waals surface area contributed by atoms with Crippen molar-refractivity contribution in [1.29, 1.82) is 10.5 Å². The van der Waals surface area contributed by atoms with Gasteiger partial charge in [0.25, 0.3) is 0 Å². The first-order valence-corrected chi connectivity index (χ1v) is 41.8. The first-order valence-electron chi connectivity index (χ1n) is 41.8. The summed E-state index contributed by atoms with van der Waals surface area (Å²) in [4.78, 5) is 170. The number of esters is 15. The summed E-state index contributed by atoms with van der Waals surface area (Å²) in [6, 6.07) is 3.53. The Balaban J connectivity index is 0.000000183. The van der Waals surface area contributed by atoms with E-state index in [2.05, 4.69) is 82.2 Å². The number of hydrogen-bond donors (Lipinski definition) is 3. The molecule has 15 aliphatic heterocycles. The molecule has 17 fully saturated rings. The van der Waals surface area contributed by atoms with E-state index in [4.69, 9.17) is 111 Å². The molecule has 0 aromatic carbocycles. The highest BCUT2D eigenvalue weighted by atomic mass is 16.7. The Hall–Kier alpha value is -12.1. The Kier molecular flexibility index (Phi) is 36.5. The Bertz CT molecular complexity index is 4560. The van der Waals surface area contributed by atoms with Crippen LogP contribution in [0.2, 0.25) is 0 Å². The second-order valence-corrected chi connectivity index (χ2v) is 33.3. The fraction of sp³-hybridized carbons (Fsp3) is 0.589. The fourth-order valence-corrected chi connectivity index (χ4v) is 16.9. The Morgan fingerprint density at radius 3 is 1.57 bits per heavy atom. The number of carbonyl (C=O) groups is 15. The summed E-state index contributed by atoms with van der Waals surface area (Å²) in [7, 11) is 0. The number of aliphatic hydroxyl groups is 3. The van der Waals surface area contributed by atoms with Gasteiger partial charge in [-0.05, 0) is 80.1 Å². The van der Waals surface area contributed by atoms with Crippen LogP contribution in [-0.2, 0) is 167 Å². The predicted molar refractivity (Wildman–Crippen MR) is 436 cm³/mol. The van der Waals surface area contributed by atoms with Crippen LogP contribution < -0.4 is 0 Å². The van der Waals surface area contributed by atoms with Crippen LogP contribution in [0.3, 0.4) is 0 Å². The largest absolute Gasteiger partial charge is 0.502 e. The molecule has 15 heterocycles. The standard InChI is InChI=1S/C13H14O7.4C12H14O5.2C8H10O5.C6H12O.C4H5N.C3H3N/c1-5(2)12(15)17-4-8(14)19-10-7-3-6-9(18-7)11(10)20-13(6)16;1-5(4-13)11(14)16-9-6-2-7-8(3-6)12(15)17-10(7)9;1-5(2)10(13)16-7-6-4-12(3)9(15-6)8(7)17-11(12)14;1-5(2)11(13)15-4-7-8-3-6-9(16-8)10(7)17-12(6)14;1-4(2)11(13)16-9-7-5(3)6-8(15-7)10(9)17-12(6)14;1-5(3-9)8(11)13-6-2-7(10)12-4-6;1-5(4-9)7(10)13-6-2-3-12-8(6)11;1-3-5-6-7-4-2;1-4(2)3-5;1-2-3-4/h6-7,9-11H,1,3-4H2,2H3;6-10,13H,1-4H2;6-9H,1,4H2,2-3H3;6-10H,1,3-4H2,2H3;5-10H,1H2,2-3H3;2*6,9H,1-4H2;4H,2-3,5-6H2,1H3;1H2,2H3;2H,1H2. The monoisotopic (exact) mass is 1830 g/mol. The third-order valence-corrected chi connectivity index (χ3v) is 23.5. The summed E-state index contributed by atoms with van der Waals surface area (Å²) < 4.78 is 103. The van der Waals surface area contributed by atoms with E-state index in [1.165, 1.54) is 25.7 Å². The number of hydrogen-bond acceptors (Lipinski definition) is 40. The van der Waals surface area contributed by atoms with E-state index in [1.807, 2.05) is 19.9 Å². The number of cyclic esters (lactones) is 2. The van der Waals surface area contributed by atoms with Gasteiger partial charge in [0, 0.05) is 58.1 Å². The van der Waals surface area contributed by atoms with Crippen LogP contribution >= 0.6 is 0 Å². The molecule has 130 heavy (non-hydrogen) atoms. The van der Waals surface area contributed by atoms with E-state index in [0.29, 0.717) is 48.0 Å². The lowest BCUT2D eigenvalue weighted by Crippen LogP contribution is -2.44. The molecule has 0 aromatic heterocycles. The van der Waals surface area contributed by atoms with Crippen LogP contribution in [0.25, 0.3) is 0 Å². The van der Waals surface area contributed by atoms with Crippen LogP contribution in [0.4, 0.5) is 0 Å². The maximum atomic E-state index is 11.7. The maximum absolute atomic E-state index is 11.7. The number of aliphatic hydroxyl groups excluding tert-OH is 3. The van der Waals surface area contributed by atoms with Crippen molar-refractivity contribution >= 4 is 89.5 Å². The van der Waals surface area contributed by atoms with Gasteiger partial charge in [0.1, 0.15) is 74.3 Å². The molecule has 17 aliphatic rings. The van der Waals surface area contributed by atoms with Crippen molar-refractivity contribution in [3.63, 3.8) is 0 Å². The fourth-order valence-electron chi connectivity index (χ4n) is 16.9. The molecule has 0 amide bonds. The van der Waals surface area contributed by atoms with Gasteiger partial charge in [-0.2, -0.15) is 10.5 Å². The molecule has 28 unspecified atom stereocenters.